The Kier molecular flexibility index (Phi) is 3.17. The van der Waals surface area contributed by atoms with Gasteiger partial charge in [0.2, 0.25) is 0 Å². The van der Waals surface area contributed by atoms with Crippen LogP contribution in [0.15, 0.2) is 17.5 Å². The van der Waals surface area contributed by atoms with E-state index in [1.807, 2.05) is 11.3 Å². The quantitative estimate of drug-likeness (QED) is 0.796. The standard InChI is InChI=1S/C13H21NS/c1-4-11(12-6-5-9-15-12)14-10(2)13(3)7-8-13/h5-6,9-11,14H,4,7-8H2,1-3H3. The van der Waals surface area contributed by atoms with E-state index in [0.717, 1.165) is 0 Å². The van der Waals surface area contributed by atoms with Crippen molar-refractivity contribution in [2.75, 3.05) is 0 Å². The summed E-state index contributed by atoms with van der Waals surface area (Å²) in [6.07, 6.45) is 3.96. The van der Waals surface area contributed by atoms with E-state index in [4.69, 9.17) is 0 Å². The Hall–Kier alpha value is -0.340. The second kappa shape index (κ2) is 4.26. The zero-order chi connectivity index (χ0) is 10.9. The number of nitrogens with one attached hydrogen (secondary N) is 1. The van der Waals surface area contributed by atoms with Crippen molar-refractivity contribution < 1.29 is 0 Å². The van der Waals surface area contributed by atoms with Crippen LogP contribution < -0.4 is 5.32 Å². The maximum absolute atomic E-state index is 3.78. The van der Waals surface area contributed by atoms with Gasteiger partial charge in [-0.25, -0.2) is 0 Å². The highest BCUT2D eigenvalue weighted by molar-refractivity contribution is 7.10. The first kappa shape index (κ1) is 11.2. The SMILES string of the molecule is CCC(NC(C)C1(C)CC1)c1cccs1. The average molecular weight is 223 g/mol. The summed E-state index contributed by atoms with van der Waals surface area (Å²) in [5, 5.41) is 5.95. The molecule has 0 aliphatic heterocycles. The van der Waals surface area contributed by atoms with Crippen molar-refractivity contribution in [3.63, 3.8) is 0 Å². The van der Waals surface area contributed by atoms with Crippen LogP contribution in [0.25, 0.3) is 0 Å². The second-order valence-corrected chi connectivity index (χ2v) is 6.00. The molecule has 0 amide bonds. The van der Waals surface area contributed by atoms with Crippen LogP contribution in [-0.2, 0) is 0 Å². The molecule has 1 aliphatic rings. The third-order valence-electron chi connectivity index (χ3n) is 3.83. The first-order valence-corrected chi connectivity index (χ1v) is 6.83. The van der Waals surface area contributed by atoms with Gasteiger partial charge in [0, 0.05) is 17.0 Å². The molecule has 1 nitrogen and oxygen atoms in total. The zero-order valence-corrected chi connectivity index (χ0v) is 10.7. The lowest BCUT2D eigenvalue weighted by Crippen LogP contribution is -2.35. The third-order valence-corrected chi connectivity index (χ3v) is 4.82. The van der Waals surface area contributed by atoms with Crippen LogP contribution in [0.4, 0.5) is 0 Å². The van der Waals surface area contributed by atoms with E-state index < -0.39 is 0 Å². The van der Waals surface area contributed by atoms with Crippen LogP contribution >= 0.6 is 11.3 Å². The summed E-state index contributed by atoms with van der Waals surface area (Å²) in [4.78, 5) is 1.48. The van der Waals surface area contributed by atoms with Crippen molar-refractivity contribution in [3.05, 3.63) is 22.4 Å². The van der Waals surface area contributed by atoms with E-state index in [-0.39, 0.29) is 0 Å². The van der Waals surface area contributed by atoms with Gasteiger partial charge >= 0.3 is 0 Å². The molecule has 1 heterocycles. The predicted molar refractivity (Wildman–Crippen MR) is 67.3 cm³/mol. The molecule has 84 valence electrons. The minimum absolute atomic E-state index is 0.553. The van der Waals surface area contributed by atoms with Gasteiger partial charge in [0.1, 0.15) is 0 Å². The molecule has 1 aromatic heterocycles. The Balaban J connectivity index is 1.97. The number of hydrogen-bond donors (Lipinski definition) is 1. The van der Waals surface area contributed by atoms with E-state index in [1.54, 1.807) is 0 Å². The van der Waals surface area contributed by atoms with Gasteiger partial charge in [0.25, 0.3) is 0 Å². The van der Waals surface area contributed by atoms with Crippen LogP contribution in [-0.4, -0.2) is 6.04 Å². The first-order chi connectivity index (χ1) is 7.15. The summed E-state index contributed by atoms with van der Waals surface area (Å²) in [6.45, 7) is 6.99. The smallest absolute Gasteiger partial charge is 0.0414 e. The van der Waals surface area contributed by atoms with Crippen LogP contribution in [0.1, 0.15) is 51.0 Å². The lowest BCUT2D eigenvalue weighted by Gasteiger charge is -2.26. The molecular weight excluding hydrogens is 202 g/mol. The molecule has 2 rings (SSSR count). The highest BCUT2D eigenvalue weighted by Crippen LogP contribution is 2.48. The fraction of sp³-hybridized carbons (Fsp3) is 0.692. The monoisotopic (exact) mass is 223 g/mol. The van der Waals surface area contributed by atoms with Crippen LogP contribution in [0, 0.1) is 5.41 Å². The summed E-state index contributed by atoms with van der Waals surface area (Å²) < 4.78 is 0. The Morgan fingerprint density at radius 3 is 2.73 bits per heavy atom. The van der Waals surface area contributed by atoms with Crippen LogP contribution in [0.2, 0.25) is 0 Å². The van der Waals surface area contributed by atoms with Gasteiger partial charge in [-0.15, -0.1) is 11.3 Å². The summed E-state index contributed by atoms with van der Waals surface area (Å²) >= 11 is 1.87. The molecule has 1 N–H and O–H groups in total. The van der Waals surface area contributed by atoms with E-state index in [2.05, 4.69) is 43.6 Å². The topological polar surface area (TPSA) is 12.0 Å². The van der Waals surface area contributed by atoms with Crippen molar-refractivity contribution in [3.8, 4) is 0 Å². The minimum Gasteiger partial charge on any atom is -0.306 e. The van der Waals surface area contributed by atoms with Crippen molar-refractivity contribution in [1.82, 2.24) is 5.32 Å². The van der Waals surface area contributed by atoms with E-state index >= 15 is 0 Å². The van der Waals surface area contributed by atoms with Crippen molar-refractivity contribution in [2.24, 2.45) is 5.41 Å². The zero-order valence-electron chi connectivity index (χ0n) is 9.92. The first-order valence-electron chi connectivity index (χ1n) is 5.95. The third kappa shape index (κ3) is 2.43. The molecule has 2 heteroatoms. The molecule has 0 saturated heterocycles. The summed E-state index contributed by atoms with van der Waals surface area (Å²) in [6, 6.07) is 5.59. The summed E-state index contributed by atoms with van der Waals surface area (Å²) in [5.41, 5.74) is 0.574. The predicted octanol–water partition coefficient (Wildman–Crippen LogP) is 3.98. The molecule has 1 fully saturated rings. The number of thiophene rings is 1. The molecule has 1 aliphatic carbocycles. The van der Waals surface area contributed by atoms with Crippen LogP contribution in [0.5, 0.6) is 0 Å². The molecule has 2 atom stereocenters. The van der Waals surface area contributed by atoms with E-state index in [9.17, 15) is 0 Å². The Morgan fingerprint density at radius 2 is 2.27 bits per heavy atom. The van der Waals surface area contributed by atoms with Gasteiger partial charge in [0.15, 0.2) is 0 Å². The Labute approximate surface area is 96.9 Å². The highest BCUT2D eigenvalue weighted by Gasteiger charge is 2.42. The maximum Gasteiger partial charge on any atom is 0.0414 e. The fourth-order valence-electron chi connectivity index (χ4n) is 2.02. The minimum atomic E-state index is 0.553. The van der Waals surface area contributed by atoms with Crippen molar-refractivity contribution >= 4 is 11.3 Å². The molecule has 0 radical (unpaired) electrons. The van der Waals surface area contributed by atoms with E-state index in [1.165, 1.54) is 24.1 Å². The van der Waals surface area contributed by atoms with Gasteiger partial charge in [0.05, 0.1) is 0 Å². The van der Waals surface area contributed by atoms with Crippen molar-refractivity contribution in [1.29, 1.82) is 0 Å². The number of rotatable bonds is 5. The lowest BCUT2D eigenvalue weighted by atomic mass is 9.99. The van der Waals surface area contributed by atoms with Gasteiger partial charge in [-0.3, -0.25) is 0 Å². The molecular formula is C13H21NS. The van der Waals surface area contributed by atoms with Gasteiger partial charge in [-0.1, -0.05) is 19.9 Å². The van der Waals surface area contributed by atoms with Gasteiger partial charge in [-0.05, 0) is 43.0 Å². The molecule has 2 unspecified atom stereocenters. The Bertz CT molecular complexity index is 300. The Morgan fingerprint density at radius 1 is 1.53 bits per heavy atom. The molecule has 0 bridgehead atoms. The van der Waals surface area contributed by atoms with Gasteiger partial charge in [-0.2, -0.15) is 0 Å². The largest absolute Gasteiger partial charge is 0.306 e. The summed E-state index contributed by atoms with van der Waals surface area (Å²) in [7, 11) is 0. The van der Waals surface area contributed by atoms with Crippen LogP contribution in [0.3, 0.4) is 0 Å². The van der Waals surface area contributed by atoms with E-state index in [0.29, 0.717) is 17.5 Å². The molecule has 0 aromatic carbocycles. The highest BCUT2D eigenvalue weighted by atomic mass is 32.1. The fourth-order valence-corrected chi connectivity index (χ4v) is 2.89. The molecule has 15 heavy (non-hydrogen) atoms. The van der Waals surface area contributed by atoms with Crippen molar-refractivity contribution in [2.45, 2.75) is 52.1 Å². The molecule has 1 saturated carbocycles. The maximum atomic E-state index is 3.78. The molecule has 1 aromatic rings. The number of hydrogen-bond acceptors (Lipinski definition) is 2. The lowest BCUT2D eigenvalue weighted by molar-refractivity contribution is 0.338. The molecule has 0 spiro atoms. The van der Waals surface area contributed by atoms with Gasteiger partial charge < -0.3 is 5.32 Å². The summed E-state index contributed by atoms with van der Waals surface area (Å²) in [5.74, 6) is 0. The average Bonchev–Trinajstić information content (AvgIpc) is 2.80. The second-order valence-electron chi connectivity index (χ2n) is 5.02. The normalized spacial score (nSPS) is 22.3.